The molecule has 0 aliphatic heterocycles. The summed E-state index contributed by atoms with van der Waals surface area (Å²) in [7, 11) is 0.0414. The molecule has 23 heavy (non-hydrogen) atoms. The monoisotopic (exact) mass is 353 g/mol. The molecular weight excluding hydrogens is 334 g/mol. The van der Waals surface area contributed by atoms with Crippen LogP contribution in [0.1, 0.15) is 13.3 Å². The van der Waals surface area contributed by atoms with E-state index in [1.165, 1.54) is 0 Å². The molecule has 5 atom stereocenters. The van der Waals surface area contributed by atoms with Crippen LogP contribution in [-0.2, 0) is 15.6 Å². The zero-order valence-electron chi connectivity index (χ0n) is 13.1. The van der Waals surface area contributed by atoms with Crippen LogP contribution >= 0.6 is 11.6 Å². The zero-order chi connectivity index (χ0) is 16.6. The van der Waals surface area contributed by atoms with Crippen LogP contribution in [0.25, 0.3) is 0 Å². The van der Waals surface area contributed by atoms with Crippen LogP contribution < -0.4 is 10.1 Å². The van der Waals surface area contributed by atoms with E-state index >= 15 is 0 Å². The van der Waals surface area contributed by atoms with Gasteiger partial charge in [-0.2, -0.15) is 0 Å². The van der Waals surface area contributed by atoms with E-state index in [0.717, 1.165) is 6.42 Å². The molecule has 4 nitrogen and oxygen atoms in total. The molecule has 1 saturated carbocycles. The third-order valence-electron chi connectivity index (χ3n) is 4.73. The predicted molar refractivity (Wildman–Crippen MR) is 91.2 cm³/mol. The van der Waals surface area contributed by atoms with Crippen molar-refractivity contribution in [1.29, 1.82) is 0 Å². The fourth-order valence-corrected chi connectivity index (χ4v) is 6.13. The van der Waals surface area contributed by atoms with Crippen molar-refractivity contribution in [3.63, 3.8) is 0 Å². The van der Waals surface area contributed by atoms with Gasteiger partial charge in [0.05, 0.1) is 23.3 Å². The topological polar surface area (TPSA) is 55.4 Å². The lowest BCUT2D eigenvalue weighted by molar-refractivity contribution is -0.124. The molecule has 2 aliphatic rings. The average Bonchev–Trinajstić information content (AvgIpc) is 3.15. The number of hydrogen-bond donors (Lipinski definition) is 1. The summed E-state index contributed by atoms with van der Waals surface area (Å²) in [6.45, 7) is 2.35. The second kappa shape index (κ2) is 6.29. The van der Waals surface area contributed by atoms with Crippen LogP contribution in [0.4, 0.5) is 0 Å². The first-order valence-corrected chi connectivity index (χ1v) is 9.31. The number of allylic oxidation sites excluding steroid dienone is 2. The molecule has 124 valence electrons. The molecule has 1 unspecified atom stereocenters. The predicted octanol–water partition coefficient (Wildman–Crippen LogP) is 2.49. The molecular formula is C17H20ClNO3S. The molecule has 0 saturated heterocycles. The maximum Gasteiger partial charge on any atom is 0.241 e. The van der Waals surface area contributed by atoms with Gasteiger partial charge in [0.2, 0.25) is 5.91 Å². The Labute approximate surface area is 143 Å². The molecule has 3 rings (SSSR count). The molecule has 0 heterocycles. The Hall–Kier alpha value is -1.33. The summed E-state index contributed by atoms with van der Waals surface area (Å²) >= 11 is 6.64. The number of ether oxygens (including phenoxy) is 1. The summed E-state index contributed by atoms with van der Waals surface area (Å²) in [6.07, 6.45) is 4.83. The number of carbonyl (C=O) groups excluding carboxylic acids is 1. The summed E-state index contributed by atoms with van der Waals surface area (Å²) < 4.78 is 17.4. The molecule has 1 N–H and O–H groups in total. The highest BCUT2D eigenvalue weighted by Gasteiger charge is 2.64. The van der Waals surface area contributed by atoms with Crippen molar-refractivity contribution in [3.05, 3.63) is 36.4 Å². The van der Waals surface area contributed by atoms with Crippen LogP contribution in [-0.4, -0.2) is 33.9 Å². The van der Waals surface area contributed by atoms with Crippen LogP contribution in [0.3, 0.4) is 0 Å². The van der Waals surface area contributed by atoms with E-state index in [4.69, 9.17) is 16.3 Å². The number of benzene rings is 1. The largest absolute Gasteiger partial charge is 0.497 e. The van der Waals surface area contributed by atoms with E-state index in [-0.39, 0.29) is 17.7 Å². The zero-order valence-corrected chi connectivity index (χ0v) is 14.7. The second-order valence-electron chi connectivity index (χ2n) is 5.89. The van der Waals surface area contributed by atoms with Gasteiger partial charge in [-0.15, -0.1) is 11.6 Å². The standard InChI is InChI=1S/C17H20ClNO3S/c1-3-19-16(20)17(12-5-4-11(10-12)15(17)18)23(21)14-8-6-13(22-2)7-9-14/h4-9,11-12,15H,3,10H2,1-2H3,(H,19,20)/t11-,12+,15+,17-,23?/m0/s1. The Kier molecular flexibility index (Phi) is 4.52. The molecule has 0 radical (unpaired) electrons. The molecule has 2 aliphatic carbocycles. The summed E-state index contributed by atoms with van der Waals surface area (Å²) in [5.41, 5.74) is 0. The van der Waals surface area contributed by atoms with Gasteiger partial charge in [-0.3, -0.25) is 9.00 Å². The maximum atomic E-state index is 13.4. The lowest BCUT2D eigenvalue weighted by atomic mass is 9.91. The molecule has 0 aromatic heterocycles. The van der Waals surface area contributed by atoms with Gasteiger partial charge < -0.3 is 10.1 Å². The normalized spacial score (nSPS) is 32.7. The molecule has 1 aromatic carbocycles. The van der Waals surface area contributed by atoms with E-state index in [2.05, 4.69) is 5.32 Å². The van der Waals surface area contributed by atoms with Crippen molar-refractivity contribution in [2.45, 2.75) is 28.4 Å². The minimum absolute atomic E-state index is 0.0931. The van der Waals surface area contributed by atoms with Gasteiger partial charge in [0.1, 0.15) is 5.75 Å². The van der Waals surface area contributed by atoms with Crippen LogP contribution in [0.5, 0.6) is 5.75 Å². The maximum absolute atomic E-state index is 13.4. The Morgan fingerprint density at radius 1 is 1.39 bits per heavy atom. The van der Waals surface area contributed by atoms with Gasteiger partial charge >= 0.3 is 0 Å². The number of carbonyl (C=O) groups is 1. The third kappa shape index (κ3) is 2.41. The first-order valence-electron chi connectivity index (χ1n) is 7.72. The van der Waals surface area contributed by atoms with Gasteiger partial charge in [0.25, 0.3) is 0 Å². The van der Waals surface area contributed by atoms with Crippen molar-refractivity contribution in [2.24, 2.45) is 11.8 Å². The van der Waals surface area contributed by atoms with Crippen molar-refractivity contribution in [1.82, 2.24) is 5.32 Å². The van der Waals surface area contributed by atoms with Gasteiger partial charge in [-0.1, -0.05) is 12.2 Å². The molecule has 2 bridgehead atoms. The molecule has 6 heteroatoms. The Morgan fingerprint density at radius 3 is 2.61 bits per heavy atom. The Bertz CT molecular complexity index is 660. The van der Waals surface area contributed by atoms with E-state index in [1.54, 1.807) is 31.4 Å². The number of halogens is 1. The first kappa shape index (κ1) is 16.5. The minimum atomic E-state index is -1.54. The second-order valence-corrected chi connectivity index (χ2v) is 8.04. The van der Waals surface area contributed by atoms with Crippen molar-refractivity contribution < 1.29 is 13.7 Å². The van der Waals surface area contributed by atoms with E-state index in [9.17, 15) is 9.00 Å². The van der Waals surface area contributed by atoms with Crippen LogP contribution in [0.15, 0.2) is 41.3 Å². The average molecular weight is 354 g/mol. The third-order valence-corrected chi connectivity index (χ3v) is 7.58. The number of rotatable bonds is 5. The van der Waals surface area contributed by atoms with Gasteiger partial charge in [-0.25, -0.2) is 0 Å². The summed E-state index contributed by atoms with van der Waals surface area (Å²) in [5.74, 6) is 0.482. The first-order chi connectivity index (χ1) is 11.1. The molecule has 1 fully saturated rings. The number of methoxy groups -OCH3 is 1. The highest BCUT2D eigenvalue weighted by molar-refractivity contribution is 7.87. The van der Waals surface area contributed by atoms with Crippen molar-refractivity contribution in [3.8, 4) is 5.75 Å². The number of amides is 1. The molecule has 1 amide bonds. The lowest BCUT2D eigenvalue weighted by Crippen LogP contribution is -2.58. The molecule has 1 aromatic rings. The quantitative estimate of drug-likeness (QED) is 0.653. The summed E-state index contributed by atoms with van der Waals surface area (Å²) in [6, 6.07) is 7.00. The minimum Gasteiger partial charge on any atom is -0.497 e. The number of hydrogen-bond acceptors (Lipinski definition) is 3. The SMILES string of the molecule is CCNC(=O)[C@]1(S(=O)c2ccc(OC)cc2)[C@@H]2C=C[C@@H](C2)[C@H]1Cl. The number of fused-ring (bicyclic) bond motifs is 2. The van der Waals surface area contributed by atoms with Crippen LogP contribution in [0, 0.1) is 11.8 Å². The number of nitrogens with one attached hydrogen (secondary N) is 1. The van der Waals surface area contributed by atoms with Gasteiger partial charge in [-0.05, 0) is 43.5 Å². The van der Waals surface area contributed by atoms with Crippen LogP contribution in [0.2, 0.25) is 0 Å². The van der Waals surface area contributed by atoms with Crippen molar-refractivity contribution >= 4 is 28.3 Å². The fraction of sp³-hybridized carbons (Fsp3) is 0.471. The van der Waals surface area contributed by atoms with Crippen molar-refractivity contribution in [2.75, 3.05) is 13.7 Å². The van der Waals surface area contributed by atoms with E-state index in [1.807, 2.05) is 19.1 Å². The van der Waals surface area contributed by atoms with Gasteiger partial charge in [0.15, 0.2) is 4.75 Å². The smallest absolute Gasteiger partial charge is 0.241 e. The highest BCUT2D eigenvalue weighted by atomic mass is 35.5. The Morgan fingerprint density at radius 2 is 2.09 bits per heavy atom. The molecule has 0 spiro atoms. The fourth-order valence-electron chi connectivity index (χ4n) is 3.60. The summed E-state index contributed by atoms with van der Waals surface area (Å²) in [5, 5.41) is 2.38. The lowest BCUT2D eigenvalue weighted by Gasteiger charge is -2.36. The van der Waals surface area contributed by atoms with Gasteiger partial charge in [0, 0.05) is 17.4 Å². The van der Waals surface area contributed by atoms with E-state index in [0.29, 0.717) is 17.2 Å². The number of alkyl halides is 1. The highest BCUT2D eigenvalue weighted by Crippen LogP contribution is 2.53. The summed E-state index contributed by atoms with van der Waals surface area (Å²) in [4.78, 5) is 13.5. The Balaban J connectivity index is 2.03. The van der Waals surface area contributed by atoms with E-state index < -0.39 is 20.9 Å².